The monoisotopic (exact) mass is 318 g/mol. The van der Waals surface area contributed by atoms with Gasteiger partial charge >= 0.3 is 0 Å². The molecule has 1 N–H and O–H groups in total. The molecule has 1 aromatic heterocycles. The zero-order valence-corrected chi connectivity index (χ0v) is 13.2. The van der Waals surface area contributed by atoms with Gasteiger partial charge in [0.25, 0.3) is 5.91 Å². The highest BCUT2D eigenvalue weighted by Crippen LogP contribution is 2.27. The summed E-state index contributed by atoms with van der Waals surface area (Å²) in [6.07, 6.45) is 0.730. The second kappa shape index (κ2) is 5.77. The zero-order chi connectivity index (χ0) is 16.6. The minimum Gasteiger partial charge on any atom is -0.377 e. The molecule has 122 valence electrons. The first kappa shape index (κ1) is 15.7. The summed E-state index contributed by atoms with van der Waals surface area (Å²) in [5.74, 6) is -0.710. The summed E-state index contributed by atoms with van der Waals surface area (Å²) >= 11 is 0. The minimum absolute atomic E-state index is 0.227. The number of nitrogens with one attached hydrogen (secondary N) is 1. The summed E-state index contributed by atoms with van der Waals surface area (Å²) in [6.45, 7) is 5.30. The summed E-state index contributed by atoms with van der Waals surface area (Å²) in [6, 6.07) is 5.26. The summed E-state index contributed by atoms with van der Waals surface area (Å²) in [5.41, 5.74) is -0.130. The van der Waals surface area contributed by atoms with Crippen molar-refractivity contribution in [1.82, 2.24) is 9.88 Å². The van der Waals surface area contributed by atoms with Crippen LogP contribution in [0.2, 0.25) is 0 Å². The number of fused-ring (bicyclic) bond motifs is 1. The average molecular weight is 318 g/mol. The van der Waals surface area contributed by atoms with Gasteiger partial charge in [-0.15, -0.1) is 0 Å². The maximum absolute atomic E-state index is 13.6. The molecule has 1 aliphatic heterocycles. The van der Waals surface area contributed by atoms with Crippen LogP contribution in [0.4, 0.5) is 4.39 Å². The highest BCUT2D eigenvalue weighted by atomic mass is 19.1. The highest BCUT2D eigenvalue weighted by Gasteiger charge is 2.37. The number of nitrogens with zero attached hydrogens (tertiary/aromatic N) is 1. The van der Waals surface area contributed by atoms with Gasteiger partial charge in [0.05, 0.1) is 24.3 Å². The third kappa shape index (κ3) is 2.74. The second-order valence-corrected chi connectivity index (χ2v) is 6.10. The van der Waals surface area contributed by atoms with E-state index in [9.17, 15) is 14.0 Å². The number of halogens is 1. The number of aromatic nitrogens is 1. The Hall–Kier alpha value is -2.21. The molecule has 3 rings (SSSR count). The molecule has 0 aliphatic carbocycles. The smallest absolute Gasteiger partial charge is 0.255 e. The third-order valence-electron chi connectivity index (χ3n) is 4.57. The van der Waals surface area contributed by atoms with Gasteiger partial charge in [-0.25, -0.2) is 4.39 Å². The molecule has 2 heterocycles. The van der Waals surface area contributed by atoms with Gasteiger partial charge in [-0.2, -0.15) is 0 Å². The van der Waals surface area contributed by atoms with Crippen molar-refractivity contribution >= 4 is 16.8 Å². The van der Waals surface area contributed by atoms with Crippen molar-refractivity contribution < 1.29 is 13.9 Å². The largest absolute Gasteiger partial charge is 0.377 e. The van der Waals surface area contributed by atoms with E-state index in [0.29, 0.717) is 30.7 Å². The van der Waals surface area contributed by atoms with Crippen LogP contribution in [0.25, 0.3) is 10.9 Å². The van der Waals surface area contributed by atoms with E-state index >= 15 is 0 Å². The number of benzene rings is 1. The molecule has 0 saturated carbocycles. The number of hydrogen-bond donors (Lipinski definition) is 1. The van der Waals surface area contributed by atoms with Gasteiger partial charge < -0.3 is 14.6 Å². The van der Waals surface area contributed by atoms with Crippen LogP contribution in [0.3, 0.4) is 0 Å². The molecule has 1 saturated heterocycles. The van der Waals surface area contributed by atoms with Crippen molar-refractivity contribution in [2.45, 2.75) is 25.8 Å². The number of hydrogen-bond acceptors (Lipinski definition) is 3. The summed E-state index contributed by atoms with van der Waals surface area (Å²) in [5, 5.41) is 0.416. The maximum Gasteiger partial charge on any atom is 0.255 e. The molecule has 1 aromatic carbocycles. The van der Waals surface area contributed by atoms with Gasteiger partial charge in [-0.05, 0) is 31.5 Å². The van der Waals surface area contributed by atoms with E-state index in [1.54, 1.807) is 4.90 Å². The van der Waals surface area contributed by atoms with Gasteiger partial charge in [0.2, 0.25) is 5.56 Å². The van der Waals surface area contributed by atoms with Gasteiger partial charge in [-0.3, -0.25) is 9.59 Å². The number of ether oxygens (including phenoxy) is 1. The lowest BCUT2D eigenvalue weighted by Gasteiger charge is -2.44. The van der Waals surface area contributed by atoms with E-state index < -0.39 is 11.4 Å². The molecule has 1 fully saturated rings. The van der Waals surface area contributed by atoms with Crippen LogP contribution in [0, 0.1) is 5.82 Å². The Balaban J connectivity index is 2.13. The first-order valence-corrected chi connectivity index (χ1v) is 7.67. The molecular weight excluding hydrogens is 299 g/mol. The van der Waals surface area contributed by atoms with Crippen LogP contribution in [0.1, 0.15) is 30.6 Å². The summed E-state index contributed by atoms with van der Waals surface area (Å²) in [4.78, 5) is 29.3. The molecule has 6 heteroatoms. The van der Waals surface area contributed by atoms with Crippen LogP contribution in [0.15, 0.2) is 29.1 Å². The molecule has 2 aromatic rings. The van der Waals surface area contributed by atoms with Crippen molar-refractivity contribution in [2.75, 3.05) is 19.8 Å². The molecule has 1 unspecified atom stereocenters. The average Bonchev–Trinajstić information content (AvgIpc) is 2.54. The molecule has 0 spiro atoms. The number of carbonyl (C=O) groups excluding carboxylic acids is 1. The SMILES string of the molecule is CCC1(C)COCCN1C(=O)c1cc(=O)[nH]c2ccc(F)cc12. The number of H-pyrrole nitrogens is 1. The van der Waals surface area contributed by atoms with Crippen molar-refractivity contribution in [1.29, 1.82) is 0 Å². The lowest BCUT2D eigenvalue weighted by atomic mass is 9.94. The Kier molecular flexibility index (Phi) is 3.93. The number of pyridine rings is 1. The van der Waals surface area contributed by atoms with Crippen molar-refractivity contribution in [3.8, 4) is 0 Å². The van der Waals surface area contributed by atoms with E-state index in [1.165, 1.54) is 24.3 Å². The number of morpholine rings is 1. The van der Waals surface area contributed by atoms with Crippen molar-refractivity contribution in [3.05, 3.63) is 46.0 Å². The van der Waals surface area contributed by atoms with Crippen LogP contribution in [-0.2, 0) is 4.74 Å². The Morgan fingerprint density at radius 2 is 2.22 bits per heavy atom. The minimum atomic E-state index is -0.446. The maximum atomic E-state index is 13.6. The van der Waals surface area contributed by atoms with Crippen LogP contribution in [-0.4, -0.2) is 41.1 Å². The first-order valence-electron chi connectivity index (χ1n) is 7.67. The highest BCUT2D eigenvalue weighted by molar-refractivity contribution is 6.06. The molecular formula is C17H19FN2O3. The Morgan fingerprint density at radius 3 is 2.96 bits per heavy atom. The Morgan fingerprint density at radius 1 is 1.43 bits per heavy atom. The van der Waals surface area contributed by atoms with Gasteiger partial charge in [-0.1, -0.05) is 6.92 Å². The molecule has 1 amide bonds. The third-order valence-corrected chi connectivity index (χ3v) is 4.57. The van der Waals surface area contributed by atoms with Gasteiger partial charge in [0.1, 0.15) is 5.82 Å². The fraction of sp³-hybridized carbons (Fsp3) is 0.412. The predicted molar refractivity (Wildman–Crippen MR) is 85.1 cm³/mol. The molecule has 1 aliphatic rings. The molecule has 5 nitrogen and oxygen atoms in total. The zero-order valence-electron chi connectivity index (χ0n) is 13.2. The van der Waals surface area contributed by atoms with Crippen LogP contribution >= 0.6 is 0 Å². The van der Waals surface area contributed by atoms with E-state index in [-0.39, 0.29) is 17.0 Å². The lowest BCUT2D eigenvalue weighted by Crippen LogP contribution is -2.57. The number of rotatable bonds is 2. The molecule has 1 atom stereocenters. The van der Waals surface area contributed by atoms with Crippen LogP contribution in [0.5, 0.6) is 0 Å². The van der Waals surface area contributed by atoms with E-state index in [1.807, 2.05) is 13.8 Å². The molecule has 0 radical (unpaired) electrons. The van der Waals surface area contributed by atoms with Crippen molar-refractivity contribution in [2.24, 2.45) is 0 Å². The van der Waals surface area contributed by atoms with Gasteiger partial charge in [0, 0.05) is 23.5 Å². The Labute approximate surface area is 133 Å². The normalized spacial score (nSPS) is 21.6. The first-order chi connectivity index (χ1) is 10.9. The number of aromatic amines is 1. The fourth-order valence-corrected chi connectivity index (χ4v) is 2.98. The standard InChI is InChI=1S/C17H19FN2O3/c1-3-17(2)10-23-7-6-20(17)16(22)13-9-15(21)19-14-5-4-11(18)8-12(13)14/h4-5,8-9H,3,6-7,10H2,1-2H3,(H,19,21). The van der Waals surface area contributed by atoms with E-state index in [4.69, 9.17) is 4.74 Å². The number of amides is 1. The summed E-state index contributed by atoms with van der Waals surface area (Å²) < 4.78 is 19.1. The van der Waals surface area contributed by atoms with E-state index in [2.05, 4.69) is 4.98 Å². The molecule has 0 bridgehead atoms. The molecule has 23 heavy (non-hydrogen) atoms. The number of carbonyl (C=O) groups is 1. The topological polar surface area (TPSA) is 62.4 Å². The van der Waals surface area contributed by atoms with E-state index in [0.717, 1.165) is 6.42 Å². The second-order valence-electron chi connectivity index (χ2n) is 6.10. The van der Waals surface area contributed by atoms with Crippen molar-refractivity contribution in [3.63, 3.8) is 0 Å². The Bertz CT molecular complexity index is 817. The fourth-order valence-electron chi connectivity index (χ4n) is 2.98. The summed E-state index contributed by atoms with van der Waals surface area (Å²) in [7, 11) is 0. The van der Waals surface area contributed by atoms with Gasteiger partial charge in [0.15, 0.2) is 0 Å². The predicted octanol–water partition coefficient (Wildman–Crippen LogP) is 2.31. The lowest BCUT2D eigenvalue weighted by molar-refractivity contribution is -0.0464. The van der Waals surface area contributed by atoms with Crippen LogP contribution < -0.4 is 5.56 Å². The quantitative estimate of drug-likeness (QED) is 0.924.